The summed E-state index contributed by atoms with van der Waals surface area (Å²) in [5, 5.41) is 25.5. The van der Waals surface area contributed by atoms with Crippen LogP contribution >= 0.6 is 0 Å². The van der Waals surface area contributed by atoms with Crippen molar-refractivity contribution in [2.24, 2.45) is 0 Å². The number of nitrogens with zero attached hydrogens (tertiary/aromatic N) is 1. The number of hydrogen-bond donors (Lipinski definition) is 4. The predicted molar refractivity (Wildman–Crippen MR) is 68.6 cm³/mol. The highest BCUT2D eigenvalue weighted by Crippen LogP contribution is 1.95. The van der Waals surface area contributed by atoms with Gasteiger partial charge >= 0.3 is 0 Å². The first-order valence-electron chi connectivity index (χ1n) is 5.60. The van der Waals surface area contributed by atoms with Crippen molar-refractivity contribution in [1.29, 1.82) is 0 Å². The minimum absolute atomic E-state index is 0.0694. The van der Waals surface area contributed by atoms with Gasteiger partial charge in [-0.3, -0.25) is 4.90 Å². The molecule has 0 heterocycles. The minimum atomic E-state index is 0.0694. The van der Waals surface area contributed by atoms with Gasteiger partial charge < -0.3 is 21.1 Å². The second-order valence-corrected chi connectivity index (χ2v) is 3.42. The first-order valence-corrected chi connectivity index (χ1v) is 5.60. The van der Waals surface area contributed by atoms with E-state index in [0.29, 0.717) is 19.6 Å². The average Bonchev–Trinajstić information content (AvgIpc) is 2.32. The van der Waals surface area contributed by atoms with Crippen LogP contribution in [0.4, 0.5) is 5.69 Å². The molecule has 0 aliphatic rings. The fourth-order valence-corrected chi connectivity index (χ4v) is 1.21. The van der Waals surface area contributed by atoms with Gasteiger partial charge in [0.15, 0.2) is 0 Å². The Morgan fingerprint density at radius 3 is 1.47 bits per heavy atom. The summed E-state index contributed by atoms with van der Waals surface area (Å²) in [6.07, 6.45) is 0. The number of rotatable bonds is 6. The van der Waals surface area contributed by atoms with Crippen LogP contribution in [0.5, 0.6) is 0 Å². The van der Waals surface area contributed by atoms with Crippen LogP contribution in [0.3, 0.4) is 0 Å². The molecule has 0 spiro atoms. The third kappa shape index (κ3) is 9.77. The van der Waals surface area contributed by atoms with Gasteiger partial charge in [0.2, 0.25) is 0 Å². The van der Waals surface area contributed by atoms with Crippen LogP contribution in [-0.4, -0.2) is 59.7 Å². The van der Waals surface area contributed by atoms with Crippen molar-refractivity contribution in [3.8, 4) is 0 Å². The highest BCUT2D eigenvalue weighted by atomic mass is 16.3. The number of aliphatic hydroxyl groups is 3. The summed E-state index contributed by atoms with van der Waals surface area (Å²) < 4.78 is 0. The molecule has 0 saturated carbocycles. The summed E-state index contributed by atoms with van der Waals surface area (Å²) >= 11 is 0. The molecule has 0 unspecified atom stereocenters. The fourth-order valence-electron chi connectivity index (χ4n) is 1.21. The Kier molecular flexibility index (Phi) is 10.6. The summed E-state index contributed by atoms with van der Waals surface area (Å²) in [5.74, 6) is 0. The monoisotopic (exact) mass is 242 g/mol. The molecule has 98 valence electrons. The molecule has 5 N–H and O–H groups in total. The number of hydrogen-bond acceptors (Lipinski definition) is 5. The number of para-hydroxylation sites is 1. The van der Waals surface area contributed by atoms with E-state index in [9.17, 15) is 0 Å². The lowest BCUT2D eigenvalue weighted by Crippen LogP contribution is -2.32. The van der Waals surface area contributed by atoms with Crippen LogP contribution in [0.15, 0.2) is 30.3 Å². The molecule has 5 nitrogen and oxygen atoms in total. The normalized spacial score (nSPS) is 9.88. The van der Waals surface area contributed by atoms with E-state index in [-0.39, 0.29) is 19.8 Å². The van der Waals surface area contributed by atoms with Gasteiger partial charge in [0, 0.05) is 25.3 Å². The van der Waals surface area contributed by atoms with Gasteiger partial charge in [-0.25, -0.2) is 0 Å². The maximum absolute atomic E-state index is 8.48. The number of anilines is 1. The van der Waals surface area contributed by atoms with Crippen molar-refractivity contribution < 1.29 is 15.3 Å². The topological polar surface area (TPSA) is 90.0 Å². The Balaban J connectivity index is 0.000000318. The van der Waals surface area contributed by atoms with Crippen molar-refractivity contribution in [3.05, 3.63) is 30.3 Å². The second kappa shape index (κ2) is 11.3. The Morgan fingerprint density at radius 1 is 0.824 bits per heavy atom. The number of nitrogens with two attached hydrogens (primary N) is 1. The molecule has 0 saturated heterocycles. The van der Waals surface area contributed by atoms with Crippen LogP contribution in [0.25, 0.3) is 0 Å². The second-order valence-electron chi connectivity index (χ2n) is 3.42. The molecule has 0 bridgehead atoms. The van der Waals surface area contributed by atoms with Crippen molar-refractivity contribution in [2.45, 2.75) is 0 Å². The smallest absolute Gasteiger partial charge is 0.0558 e. The molecule has 1 rings (SSSR count). The molecular weight excluding hydrogens is 220 g/mol. The zero-order valence-corrected chi connectivity index (χ0v) is 10.00. The molecule has 0 atom stereocenters. The third-order valence-corrected chi connectivity index (χ3v) is 2.05. The standard InChI is InChI=1S/C6H15NO3.C6H7N/c8-4-1-7(2-5-9)3-6-10;7-6-4-2-1-3-5-6/h8-10H,1-6H2;1-5H,7H2. The number of nitrogen functional groups attached to an aromatic ring is 1. The molecular formula is C12H22N2O3. The summed E-state index contributed by atoms with van der Waals surface area (Å²) in [6.45, 7) is 1.75. The van der Waals surface area contributed by atoms with Gasteiger partial charge in [0.25, 0.3) is 0 Å². The number of aliphatic hydroxyl groups excluding tert-OH is 3. The average molecular weight is 242 g/mol. The van der Waals surface area contributed by atoms with E-state index >= 15 is 0 Å². The quantitative estimate of drug-likeness (QED) is 0.507. The molecule has 0 radical (unpaired) electrons. The van der Waals surface area contributed by atoms with Crippen LogP contribution < -0.4 is 5.73 Å². The Labute approximate surface area is 102 Å². The molecule has 1 aromatic carbocycles. The van der Waals surface area contributed by atoms with Crippen LogP contribution in [0.1, 0.15) is 0 Å². The van der Waals surface area contributed by atoms with Gasteiger partial charge in [0.1, 0.15) is 0 Å². The van der Waals surface area contributed by atoms with Crippen molar-refractivity contribution in [3.63, 3.8) is 0 Å². The number of benzene rings is 1. The SMILES string of the molecule is Nc1ccccc1.OCCN(CCO)CCO. The summed E-state index contributed by atoms with van der Waals surface area (Å²) in [4.78, 5) is 1.79. The lowest BCUT2D eigenvalue weighted by molar-refractivity contribution is 0.136. The molecule has 0 fully saturated rings. The van der Waals surface area contributed by atoms with Gasteiger partial charge in [-0.05, 0) is 12.1 Å². The van der Waals surface area contributed by atoms with E-state index in [2.05, 4.69) is 0 Å². The molecule has 1 aromatic rings. The highest BCUT2D eigenvalue weighted by Gasteiger charge is 2.00. The van der Waals surface area contributed by atoms with Crippen molar-refractivity contribution >= 4 is 5.69 Å². The van der Waals surface area contributed by atoms with E-state index in [1.165, 1.54) is 0 Å². The van der Waals surface area contributed by atoms with E-state index < -0.39 is 0 Å². The zero-order chi connectivity index (χ0) is 12.9. The molecule has 0 aliphatic carbocycles. The Bertz CT molecular complexity index is 243. The van der Waals surface area contributed by atoms with Gasteiger partial charge in [-0.15, -0.1) is 0 Å². The van der Waals surface area contributed by atoms with E-state index in [4.69, 9.17) is 21.1 Å². The summed E-state index contributed by atoms with van der Waals surface area (Å²) in [7, 11) is 0. The minimum Gasteiger partial charge on any atom is -0.399 e. The Morgan fingerprint density at radius 2 is 1.24 bits per heavy atom. The summed E-state index contributed by atoms with van der Waals surface area (Å²) in [6, 6.07) is 9.49. The van der Waals surface area contributed by atoms with Crippen molar-refractivity contribution in [1.82, 2.24) is 4.90 Å². The molecule has 0 aliphatic heterocycles. The zero-order valence-electron chi connectivity index (χ0n) is 10.00. The maximum Gasteiger partial charge on any atom is 0.0558 e. The Hall–Kier alpha value is -1.14. The van der Waals surface area contributed by atoms with Crippen LogP contribution in [-0.2, 0) is 0 Å². The van der Waals surface area contributed by atoms with Crippen molar-refractivity contribution in [2.75, 3.05) is 45.2 Å². The molecule has 0 amide bonds. The van der Waals surface area contributed by atoms with Crippen LogP contribution in [0.2, 0.25) is 0 Å². The van der Waals surface area contributed by atoms with E-state index in [1.807, 2.05) is 30.3 Å². The van der Waals surface area contributed by atoms with Crippen LogP contribution in [0, 0.1) is 0 Å². The van der Waals surface area contributed by atoms with Gasteiger partial charge in [-0.1, -0.05) is 18.2 Å². The summed E-state index contributed by atoms with van der Waals surface area (Å²) in [5.41, 5.74) is 6.18. The third-order valence-electron chi connectivity index (χ3n) is 2.05. The largest absolute Gasteiger partial charge is 0.399 e. The van der Waals surface area contributed by atoms with Gasteiger partial charge in [0.05, 0.1) is 19.8 Å². The first kappa shape index (κ1) is 15.9. The lowest BCUT2D eigenvalue weighted by atomic mass is 10.3. The molecule has 0 aromatic heterocycles. The van der Waals surface area contributed by atoms with E-state index in [0.717, 1.165) is 5.69 Å². The lowest BCUT2D eigenvalue weighted by Gasteiger charge is -2.17. The first-order chi connectivity index (χ1) is 8.24. The molecule has 17 heavy (non-hydrogen) atoms. The highest BCUT2D eigenvalue weighted by molar-refractivity contribution is 5.35. The predicted octanol–water partition coefficient (Wildman–Crippen LogP) is -0.466. The fraction of sp³-hybridized carbons (Fsp3) is 0.500. The van der Waals surface area contributed by atoms with E-state index in [1.54, 1.807) is 4.90 Å². The van der Waals surface area contributed by atoms with Gasteiger partial charge in [-0.2, -0.15) is 0 Å². The molecule has 5 heteroatoms. The maximum atomic E-state index is 8.48.